The van der Waals surface area contributed by atoms with E-state index in [2.05, 4.69) is 41.1 Å². The minimum Gasteiger partial charge on any atom is -0.373 e. The topological polar surface area (TPSA) is 12.5 Å². The van der Waals surface area contributed by atoms with Crippen LogP contribution in [0.1, 0.15) is 11.1 Å². The van der Waals surface area contributed by atoms with Crippen LogP contribution in [0.5, 0.6) is 0 Å². The first-order chi connectivity index (χ1) is 5.75. The maximum absolute atomic E-state index is 5.19. The van der Waals surface area contributed by atoms with E-state index in [4.69, 9.17) is 4.74 Å². The molecule has 1 nitrogen and oxygen atoms in total. The van der Waals surface area contributed by atoms with Gasteiger partial charge < -0.3 is 4.74 Å². The third kappa shape index (κ3) is 1.87. The van der Waals surface area contributed by atoms with Crippen LogP contribution in [-0.4, -0.2) is 12.7 Å². The lowest BCUT2D eigenvalue weighted by atomic mass is 10.0. The second-order valence-corrected chi connectivity index (χ2v) is 4.15. The quantitative estimate of drug-likeness (QED) is 0.707. The van der Waals surface area contributed by atoms with E-state index in [0.29, 0.717) is 6.10 Å². The molecular weight excluding hydrogens is 216 g/mol. The fourth-order valence-electron chi connectivity index (χ4n) is 1.29. The Bertz CT molecular complexity index is 292. The molecule has 1 heterocycles. The Labute approximate surface area is 80.9 Å². The molecule has 0 amide bonds. The molecule has 1 aromatic carbocycles. The fraction of sp³-hybridized carbons (Fsp3) is 0.400. The SMILES string of the molecule is Cc1ccc(Br)cc1C[C@@H]1CO1. The first-order valence-corrected chi connectivity index (χ1v) is 4.91. The molecule has 1 fully saturated rings. The molecule has 0 bridgehead atoms. The van der Waals surface area contributed by atoms with E-state index in [1.165, 1.54) is 11.1 Å². The minimum atomic E-state index is 0.484. The summed E-state index contributed by atoms with van der Waals surface area (Å²) in [6, 6.07) is 6.39. The highest BCUT2D eigenvalue weighted by atomic mass is 79.9. The maximum atomic E-state index is 5.19. The van der Waals surface area contributed by atoms with Gasteiger partial charge in [0.1, 0.15) is 0 Å². The van der Waals surface area contributed by atoms with E-state index in [1.807, 2.05) is 0 Å². The van der Waals surface area contributed by atoms with Crippen LogP contribution < -0.4 is 0 Å². The van der Waals surface area contributed by atoms with Crippen molar-refractivity contribution < 1.29 is 4.74 Å². The van der Waals surface area contributed by atoms with Crippen molar-refractivity contribution in [3.63, 3.8) is 0 Å². The molecule has 0 N–H and O–H groups in total. The predicted molar refractivity (Wildman–Crippen MR) is 52.3 cm³/mol. The number of hydrogen-bond acceptors (Lipinski definition) is 1. The summed E-state index contributed by atoms with van der Waals surface area (Å²) in [5.41, 5.74) is 2.75. The largest absolute Gasteiger partial charge is 0.373 e. The Hall–Kier alpha value is -0.340. The van der Waals surface area contributed by atoms with Crippen LogP contribution >= 0.6 is 15.9 Å². The van der Waals surface area contributed by atoms with E-state index in [0.717, 1.165) is 17.5 Å². The molecule has 1 saturated heterocycles. The van der Waals surface area contributed by atoms with Crippen LogP contribution in [0, 0.1) is 6.92 Å². The van der Waals surface area contributed by atoms with E-state index >= 15 is 0 Å². The molecular formula is C10H11BrO. The Morgan fingerprint density at radius 3 is 3.00 bits per heavy atom. The molecule has 0 spiro atoms. The van der Waals surface area contributed by atoms with Crippen molar-refractivity contribution in [1.29, 1.82) is 0 Å². The third-order valence-electron chi connectivity index (χ3n) is 2.16. The molecule has 64 valence electrons. The Morgan fingerprint density at radius 2 is 2.33 bits per heavy atom. The standard InChI is InChI=1S/C10H11BrO/c1-7-2-3-9(11)4-8(7)5-10-6-12-10/h2-4,10H,5-6H2,1H3/t10-/m1/s1. The van der Waals surface area contributed by atoms with Crippen LogP contribution in [0.2, 0.25) is 0 Å². The van der Waals surface area contributed by atoms with Crippen LogP contribution in [0.25, 0.3) is 0 Å². The lowest BCUT2D eigenvalue weighted by Crippen LogP contribution is -1.95. The van der Waals surface area contributed by atoms with Gasteiger partial charge in [-0.15, -0.1) is 0 Å². The smallest absolute Gasteiger partial charge is 0.0850 e. The number of rotatable bonds is 2. The average molecular weight is 227 g/mol. The minimum absolute atomic E-state index is 0.484. The summed E-state index contributed by atoms with van der Waals surface area (Å²) in [5, 5.41) is 0. The Balaban J connectivity index is 2.21. The summed E-state index contributed by atoms with van der Waals surface area (Å²) in [6.45, 7) is 3.08. The van der Waals surface area contributed by atoms with Crippen molar-refractivity contribution in [1.82, 2.24) is 0 Å². The molecule has 0 saturated carbocycles. The van der Waals surface area contributed by atoms with Gasteiger partial charge in [-0.1, -0.05) is 22.0 Å². The molecule has 12 heavy (non-hydrogen) atoms. The molecule has 0 radical (unpaired) electrons. The first-order valence-electron chi connectivity index (χ1n) is 4.12. The molecule has 0 aromatic heterocycles. The highest BCUT2D eigenvalue weighted by molar-refractivity contribution is 9.10. The van der Waals surface area contributed by atoms with Crippen molar-refractivity contribution >= 4 is 15.9 Å². The fourth-order valence-corrected chi connectivity index (χ4v) is 1.70. The molecule has 1 atom stereocenters. The second kappa shape index (κ2) is 3.19. The van der Waals surface area contributed by atoms with Gasteiger partial charge in [0.25, 0.3) is 0 Å². The molecule has 0 aliphatic carbocycles. The Morgan fingerprint density at radius 1 is 1.58 bits per heavy atom. The van der Waals surface area contributed by atoms with Gasteiger partial charge in [0.2, 0.25) is 0 Å². The normalized spacial score (nSPS) is 21.0. The van der Waals surface area contributed by atoms with Crippen LogP contribution in [0.4, 0.5) is 0 Å². The van der Waals surface area contributed by atoms with Crippen molar-refractivity contribution in [3.05, 3.63) is 33.8 Å². The Kier molecular flexibility index (Phi) is 2.20. The molecule has 1 aliphatic heterocycles. The molecule has 1 aromatic rings. The van der Waals surface area contributed by atoms with Gasteiger partial charge in [-0.05, 0) is 30.2 Å². The number of aryl methyl sites for hydroxylation is 1. The second-order valence-electron chi connectivity index (χ2n) is 3.23. The number of benzene rings is 1. The van der Waals surface area contributed by atoms with Gasteiger partial charge in [-0.25, -0.2) is 0 Å². The lowest BCUT2D eigenvalue weighted by molar-refractivity contribution is 0.407. The molecule has 2 rings (SSSR count). The number of hydrogen-bond donors (Lipinski definition) is 0. The number of halogens is 1. The van der Waals surface area contributed by atoms with Crippen LogP contribution in [0.3, 0.4) is 0 Å². The lowest BCUT2D eigenvalue weighted by Gasteiger charge is -2.03. The average Bonchev–Trinajstić information content (AvgIpc) is 2.81. The summed E-state index contributed by atoms with van der Waals surface area (Å²) in [4.78, 5) is 0. The number of epoxide rings is 1. The highest BCUT2D eigenvalue weighted by Crippen LogP contribution is 2.21. The molecule has 0 unspecified atom stereocenters. The van der Waals surface area contributed by atoms with Gasteiger partial charge >= 0.3 is 0 Å². The van der Waals surface area contributed by atoms with Crippen LogP contribution in [-0.2, 0) is 11.2 Å². The summed E-state index contributed by atoms with van der Waals surface area (Å²) in [5.74, 6) is 0. The first kappa shape index (κ1) is 8.27. The van der Waals surface area contributed by atoms with Gasteiger partial charge in [0, 0.05) is 10.9 Å². The van der Waals surface area contributed by atoms with E-state index in [1.54, 1.807) is 0 Å². The maximum Gasteiger partial charge on any atom is 0.0850 e. The van der Waals surface area contributed by atoms with Crippen molar-refractivity contribution in [2.45, 2.75) is 19.4 Å². The zero-order valence-electron chi connectivity index (χ0n) is 7.01. The molecule has 2 heteroatoms. The number of ether oxygens (including phenoxy) is 1. The predicted octanol–water partition coefficient (Wildman–Crippen LogP) is 2.70. The van der Waals surface area contributed by atoms with E-state index < -0.39 is 0 Å². The third-order valence-corrected chi connectivity index (χ3v) is 2.65. The highest BCUT2D eigenvalue weighted by Gasteiger charge is 2.23. The molecule has 1 aliphatic rings. The summed E-state index contributed by atoms with van der Waals surface area (Å²) in [6.07, 6.45) is 1.55. The monoisotopic (exact) mass is 226 g/mol. The van der Waals surface area contributed by atoms with Gasteiger partial charge in [0.15, 0.2) is 0 Å². The van der Waals surface area contributed by atoms with Crippen molar-refractivity contribution in [2.24, 2.45) is 0 Å². The van der Waals surface area contributed by atoms with Gasteiger partial charge in [-0.3, -0.25) is 0 Å². The summed E-state index contributed by atoms with van der Waals surface area (Å²) < 4.78 is 6.35. The van der Waals surface area contributed by atoms with E-state index in [-0.39, 0.29) is 0 Å². The summed E-state index contributed by atoms with van der Waals surface area (Å²) >= 11 is 3.47. The zero-order chi connectivity index (χ0) is 8.55. The zero-order valence-corrected chi connectivity index (χ0v) is 8.60. The van der Waals surface area contributed by atoms with Gasteiger partial charge in [-0.2, -0.15) is 0 Å². The summed E-state index contributed by atoms with van der Waals surface area (Å²) in [7, 11) is 0. The van der Waals surface area contributed by atoms with Gasteiger partial charge in [0.05, 0.1) is 12.7 Å². The van der Waals surface area contributed by atoms with Crippen molar-refractivity contribution in [3.8, 4) is 0 Å². The van der Waals surface area contributed by atoms with Crippen LogP contribution in [0.15, 0.2) is 22.7 Å². The van der Waals surface area contributed by atoms with Crippen molar-refractivity contribution in [2.75, 3.05) is 6.61 Å². The van der Waals surface area contributed by atoms with E-state index in [9.17, 15) is 0 Å².